The first-order valence-electron chi connectivity index (χ1n) is 4.89. The average molecular weight is 168 g/mol. The third-order valence-corrected chi connectivity index (χ3v) is 2.58. The van der Waals surface area contributed by atoms with Gasteiger partial charge in [-0.2, -0.15) is 0 Å². The lowest BCUT2D eigenvalue weighted by Gasteiger charge is -2.07. The van der Waals surface area contributed by atoms with Gasteiger partial charge in [-0.15, -0.1) is 0 Å². The molecule has 1 radical (unpaired) electrons. The monoisotopic (exact) mass is 168 g/mol. The molecule has 0 heterocycles. The van der Waals surface area contributed by atoms with Gasteiger partial charge in [-0.3, -0.25) is 4.79 Å². The summed E-state index contributed by atoms with van der Waals surface area (Å²) < 4.78 is 0. The Kier molecular flexibility index (Phi) is 4.12. The fourth-order valence-corrected chi connectivity index (χ4v) is 1.86. The Hall–Kier alpha value is -0.530. The van der Waals surface area contributed by atoms with E-state index in [9.17, 15) is 4.79 Å². The predicted octanol–water partition coefficient (Wildman–Crippen LogP) is 1.91. The van der Waals surface area contributed by atoms with Crippen molar-refractivity contribution in [2.75, 3.05) is 6.54 Å². The summed E-state index contributed by atoms with van der Waals surface area (Å²) in [6.45, 7) is 4.09. The molecule has 0 saturated heterocycles. The van der Waals surface area contributed by atoms with Crippen molar-refractivity contribution in [3.63, 3.8) is 0 Å². The summed E-state index contributed by atoms with van der Waals surface area (Å²) in [6, 6.07) is 0. The van der Waals surface area contributed by atoms with Gasteiger partial charge in [0.25, 0.3) is 0 Å². The van der Waals surface area contributed by atoms with E-state index in [1.54, 1.807) is 0 Å². The van der Waals surface area contributed by atoms with Crippen molar-refractivity contribution < 1.29 is 4.79 Å². The first-order valence-corrected chi connectivity index (χ1v) is 4.89. The van der Waals surface area contributed by atoms with E-state index in [0.29, 0.717) is 13.0 Å². The molecule has 69 valence electrons. The fourth-order valence-electron chi connectivity index (χ4n) is 1.86. The summed E-state index contributed by atoms with van der Waals surface area (Å²) in [5.74, 6) is 0.984. The highest BCUT2D eigenvalue weighted by Crippen LogP contribution is 2.28. The minimum absolute atomic E-state index is 0.164. The summed E-state index contributed by atoms with van der Waals surface area (Å²) in [5.41, 5.74) is 0. The van der Waals surface area contributed by atoms with Gasteiger partial charge in [-0.05, 0) is 19.3 Å². The second kappa shape index (κ2) is 5.18. The lowest BCUT2D eigenvalue weighted by molar-refractivity contribution is -0.121. The maximum absolute atomic E-state index is 11.0. The van der Waals surface area contributed by atoms with Crippen LogP contribution in [0.2, 0.25) is 0 Å². The van der Waals surface area contributed by atoms with Gasteiger partial charge in [0.05, 0.1) is 0 Å². The smallest absolute Gasteiger partial charge is 0.220 e. The molecule has 1 aliphatic carbocycles. The van der Waals surface area contributed by atoms with Gasteiger partial charge in [0.1, 0.15) is 0 Å². The SMILES string of the molecule is [CH2]CNC(=O)CCC1CCCC1. The molecule has 0 aliphatic heterocycles. The normalized spacial score (nSPS) is 18.1. The van der Waals surface area contributed by atoms with Crippen LogP contribution in [-0.4, -0.2) is 12.5 Å². The van der Waals surface area contributed by atoms with Crippen molar-refractivity contribution in [3.05, 3.63) is 6.92 Å². The number of carbonyl (C=O) groups is 1. The van der Waals surface area contributed by atoms with Crippen molar-refractivity contribution in [1.29, 1.82) is 0 Å². The van der Waals surface area contributed by atoms with E-state index in [4.69, 9.17) is 0 Å². The van der Waals surface area contributed by atoms with Crippen LogP contribution in [0.5, 0.6) is 0 Å². The third-order valence-electron chi connectivity index (χ3n) is 2.58. The van der Waals surface area contributed by atoms with E-state index in [2.05, 4.69) is 12.2 Å². The van der Waals surface area contributed by atoms with E-state index in [1.165, 1.54) is 25.7 Å². The number of amides is 1. The molecule has 12 heavy (non-hydrogen) atoms. The Labute approximate surface area is 74.7 Å². The van der Waals surface area contributed by atoms with Crippen LogP contribution in [0.1, 0.15) is 38.5 Å². The molecule has 1 saturated carbocycles. The van der Waals surface area contributed by atoms with Crippen LogP contribution in [0.25, 0.3) is 0 Å². The van der Waals surface area contributed by atoms with Crippen LogP contribution >= 0.6 is 0 Å². The minimum atomic E-state index is 0.164. The van der Waals surface area contributed by atoms with Crippen molar-refractivity contribution in [1.82, 2.24) is 5.32 Å². The first kappa shape index (κ1) is 9.56. The van der Waals surface area contributed by atoms with E-state index in [-0.39, 0.29) is 5.91 Å². The molecule has 1 amide bonds. The van der Waals surface area contributed by atoms with Crippen molar-refractivity contribution in [2.24, 2.45) is 5.92 Å². The predicted molar refractivity (Wildman–Crippen MR) is 49.6 cm³/mol. The molecular weight excluding hydrogens is 150 g/mol. The van der Waals surface area contributed by atoms with Gasteiger partial charge >= 0.3 is 0 Å². The minimum Gasteiger partial charge on any atom is -0.356 e. The Bertz CT molecular complexity index is 139. The molecule has 1 fully saturated rings. The van der Waals surface area contributed by atoms with Gasteiger partial charge in [-0.25, -0.2) is 0 Å². The highest BCUT2D eigenvalue weighted by Gasteiger charge is 2.15. The molecule has 0 spiro atoms. The third kappa shape index (κ3) is 3.24. The second-order valence-corrected chi connectivity index (χ2v) is 3.54. The molecule has 0 bridgehead atoms. The summed E-state index contributed by atoms with van der Waals surface area (Å²) in [5, 5.41) is 2.72. The lowest BCUT2D eigenvalue weighted by atomic mass is 10.0. The van der Waals surface area contributed by atoms with Crippen LogP contribution < -0.4 is 5.32 Å². The average Bonchev–Trinajstić information content (AvgIpc) is 2.53. The first-order chi connectivity index (χ1) is 5.83. The number of hydrogen-bond donors (Lipinski definition) is 1. The molecule has 1 aliphatic rings. The van der Waals surface area contributed by atoms with E-state index in [0.717, 1.165) is 12.3 Å². The standard InChI is InChI=1S/C10H18NO/c1-2-11-10(12)8-7-9-5-3-4-6-9/h9H,1-8H2,(H,11,12). The largest absolute Gasteiger partial charge is 0.356 e. The van der Waals surface area contributed by atoms with Gasteiger partial charge < -0.3 is 5.32 Å². The molecule has 0 unspecified atom stereocenters. The summed E-state index contributed by atoms with van der Waals surface area (Å²) >= 11 is 0. The Morgan fingerprint density at radius 2 is 2.08 bits per heavy atom. The van der Waals surface area contributed by atoms with Gasteiger partial charge in [0.15, 0.2) is 0 Å². The van der Waals surface area contributed by atoms with Crippen molar-refractivity contribution in [2.45, 2.75) is 38.5 Å². The fraction of sp³-hybridized carbons (Fsp3) is 0.800. The van der Waals surface area contributed by atoms with Crippen molar-refractivity contribution in [3.8, 4) is 0 Å². The molecule has 0 aromatic heterocycles. The van der Waals surface area contributed by atoms with Crippen molar-refractivity contribution >= 4 is 5.91 Å². The maximum atomic E-state index is 11.0. The molecule has 2 heteroatoms. The Balaban J connectivity index is 2.03. The number of rotatable bonds is 4. The number of nitrogens with one attached hydrogen (secondary N) is 1. The van der Waals surface area contributed by atoms with Gasteiger partial charge in [0, 0.05) is 13.0 Å². The lowest BCUT2D eigenvalue weighted by Crippen LogP contribution is -2.22. The topological polar surface area (TPSA) is 29.1 Å². The van der Waals surface area contributed by atoms with Gasteiger partial charge in [-0.1, -0.05) is 25.7 Å². The highest BCUT2D eigenvalue weighted by molar-refractivity contribution is 5.75. The number of hydrogen-bond acceptors (Lipinski definition) is 1. The Morgan fingerprint density at radius 3 is 2.67 bits per heavy atom. The molecule has 0 aromatic rings. The zero-order valence-corrected chi connectivity index (χ0v) is 7.64. The molecule has 1 rings (SSSR count). The molecule has 0 atom stereocenters. The van der Waals surface area contributed by atoms with E-state index in [1.807, 2.05) is 0 Å². The zero-order valence-electron chi connectivity index (χ0n) is 7.64. The summed E-state index contributed by atoms with van der Waals surface area (Å²) in [6.07, 6.45) is 7.16. The Morgan fingerprint density at radius 1 is 1.42 bits per heavy atom. The molecule has 0 aromatic carbocycles. The molecule has 2 nitrogen and oxygen atoms in total. The van der Waals surface area contributed by atoms with Gasteiger partial charge in [0.2, 0.25) is 5.91 Å². The van der Waals surface area contributed by atoms with Crippen LogP contribution in [0.4, 0.5) is 0 Å². The molecular formula is C10H18NO. The van der Waals surface area contributed by atoms with Crippen LogP contribution in [0.15, 0.2) is 0 Å². The second-order valence-electron chi connectivity index (χ2n) is 3.54. The van der Waals surface area contributed by atoms with E-state index >= 15 is 0 Å². The molecule has 1 N–H and O–H groups in total. The van der Waals surface area contributed by atoms with Crippen LogP contribution in [-0.2, 0) is 4.79 Å². The van der Waals surface area contributed by atoms with Crippen LogP contribution in [0.3, 0.4) is 0 Å². The van der Waals surface area contributed by atoms with E-state index < -0.39 is 0 Å². The quantitative estimate of drug-likeness (QED) is 0.682. The maximum Gasteiger partial charge on any atom is 0.220 e. The summed E-state index contributed by atoms with van der Waals surface area (Å²) in [4.78, 5) is 11.0. The van der Waals surface area contributed by atoms with Crippen LogP contribution in [0, 0.1) is 12.8 Å². The zero-order chi connectivity index (χ0) is 8.81. The summed E-state index contributed by atoms with van der Waals surface area (Å²) in [7, 11) is 0. The highest BCUT2D eigenvalue weighted by atomic mass is 16.1. The number of carbonyl (C=O) groups excluding carboxylic acids is 1.